The highest BCUT2D eigenvalue weighted by molar-refractivity contribution is 6.12. The highest BCUT2D eigenvalue weighted by atomic mass is 16.1. The maximum absolute atomic E-state index is 12.0. The van der Waals surface area contributed by atoms with Gasteiger partial charge in [0.2, 0.25) is 5.78 Å². The first-order valence-corrected chi connectivity index (χ1v) is 5.69. The number of hydrogen-bond acceptors (Lipinski definition) is 3. The van der Waals surface area contributed by atoms with Crippen LogP contribution >= 0.6 is 0 Å². The van der Waals surface area contributed by atoms with Crippen LogP contribution in [-0.4, -0.2) is 21.1 Å². The third kappa shape index (κ3) is 2.37. The van der Waals surface area contributed by atoms with Gasteiger partial charge in [-0.3, -0.25) is 9.59 Å². The first-order chi connectivity index (χ1) is 8.59. The number of benzene rings is 1. The van der Waals surface area contributed by atoms with Crippen molar-refractivity contribution in [1.82, 2.24) is 9.55 Å². The zero-order chi connectivity index (χ0) is 13.1. The van der Waals surface area contributed by atoms with Gasteiger partial charge in [-0.25, -0.2) is 4.98 Å². The number of nitrogens with zero attached hydrogens (tertiary/aromatic N) is 2. The second kappa shape index (κ2) is 4.96. The zero-order valence-corrected chi connectivity index (χ0v) is 10.4. The van der Waals surface area contributed by atoms with E-state index in [1.807, 2.05) is 19.1 Å². The van der Waals surface area contributed by atoms with Crippen LogP contribution < -0.4 is 0 Å². The summed E-state index contributed by atoms with van der Waals surface area (Å²) in [7, 11) is 1.73. The molecule has 18 heavy (non-hydrogen) atoms. The molecular formula is C14H14N2O2. The molecule has 1 aromatic heterocycles. The SMILES string of the molecule is Cc1ccccc1C(=O)CC(=O)c1nccn1C. The Bertz CT molecular complexity index is 599. The molecule has 0 aliphatic heterocycles. The molecule has 0 unspecified atom stereocenters. The molecule has 0 aliphatic carbocycles. The number of aryl methyl sites for hydroxylation is 2. The second-order valence-electron chi connectivity index (χ2n) is 4.20. The van der Waals surface area contributed by atoms with Crippen molar-refractivity contribution in [3.8, 4) is 0 Å². The van der Waals surface area contributed by atoms with Gasteiger partial charge in [-0.05, 0) is 12.5 Å². The molecule has 0 saturated heterocycles. The van der Waals surface area contributed by atoms with Gasteiger partial charge in [0.1, 0.15) is 0 Å². The van der Waals surface area contributed by atoms with Crippen LogP contribution in [-0.2, 0) is 7.05 Å². The Morgan fingerprint density at radius 2 is 1.94 bits per heavy atom. The molecule has 0 aliphatic rings. The van der Waals surface area contributed by atoms with Crippen molar-refractivity contribution in [1.29, 1.82) is 0 Å². The Morgan fingerprint density at radius 1 is 1.22 bits per heavy atom. The summed E-state index contributed by atoms with van der Waals surface area (Å²) < 4.78 is 1.62. The lowest BCUT2D eigenvalue weighted by molar-refractivity contribution is 0.0886. The summed E-state index contributed by atoms with van der Waals surface area (Å²) in [6.45, 7) is 1.86. The van der Waals surface area contributed by atoms with E-state index in [1.165, 1.54) is 0 Å². The van der Waals surface area contributed by atoms with Gasteiger partial charge in [0.05, 0.1) is 6.42 Å². The molecule has 4 nitrogen and oxygen atoms in total. The van der Waals surface area contributed by atoms with Gasteiger partial charge in [-0.1, -0.05) is 24.3 Å². The maximum atomic E-state index is 12.0. The third-order valence-electron chi connectivity index (χ3n) is 2.84. The summed E-state index contributed by atoms with van der Waals surface area (Å²) in [4.78, 5) is 27.9. The minimum absolute atomic E-state index is 0.143. The van der Waals surface area contributed by atoms with Crippen molar-refractivity contribution >= 4 is 11.6 Å². The predicted octanol–water partition coefficient (Wildman–Crippen LogP) is 2.18. The fourth-order valence-electron chi connectivity index (χ4n) is 1.84. The van der Waals surface area contributed by atoms with E-state index in [0.29, 0.717) is 11.4 Å². The Kier molecular flexibility index (Phi) is 3.37. The van der Waals surface area contributed by atoms with Crippen LogP contribution in [0.3, 0.4) is 0 Å². The van der Waals surface area contributed by atoms with Crippen molar-refractivity contribution < 1.29 is 9.59 Å². The maximum Gasteiger partial charge on any atom is 0.205 e. The molecule has 2 aromatic rings. The monoisotopic (exact) mass is 242 g/mol. The van der Waals surface area contributed by atoms with Crippen molar-refractivity contribution in [3.63, 3.8) is 0 Å². The molecule has 1 aromatic carbocycles. The summed E-state index contributed by atoms with van der Waals surface area (Å²) in [5.41, 5.74) is 1.48. The number of aromatic nitrogens is 2. The van der Waals surface area contributed by atoms with Gasteiger partial charge >= 0.3 is 0 Å². The molecule has 0 spiro atoms. The minimum Gasteiger partial charge on any atom is -0.332 e. The predicted molar refractivity (Wildman–Crippen MR) is 67.7 cm³/mol. The Morgan fingerprint density at radius 3 is 2.56 bits per heavy atom. The number of hydrogen-bond donors (Lipinski definition) is 0. The standard InChI is InChI=1S/C14H14N2O2/c1-10-5-3-4-6-11(10)12(17)9-13(18)14-15-7-8-16(14)2/h3-8H,9H2,1-2H3. The molecule has 1 heterocycles. The smallest absolute Gasteiger partial charge is 0.205 e. The lowest BCUT2D eigenvalue weighted by Crippen LogP contribution is -2.13. The van der Waals surface area contributed by atoms with Gasteiger partial charge < -0.3 is 4.57 Å². The number of imidazole rings is 1. The number of carbonyl (C=O) groups excluding carboxylic acids is 2. The van der Waals surface area contributed by atoms with Crippen molar-refractivity contribution in [2.45, 2.75) is 13.3 Å². The molecular weight excluding hydrogens is 228 g/mol. The number of ketones is 2. The van der Waals surface area contributed by atoms with Crippen molar-refractivity contribution in [2.75, 3.05) is 0 Å². The van der Waals surface area contributed by atoms with Gasteiger partial charge in [-0.15, -0.1) is 0 Å². The third-order valence-corrected chi connectivity index (χ3v) is 2.84. The van der Waals surface area contributed by atoms with Gasteiger partial charge in [0, 0.05) is 25.0 Å². The Balaban J connectivity index is 2.16. The normalized spacial score (nSPS) is 10.3. The first-order valence-electron chi connectivity index (χ1n) is 5.69. The summed E-state index contributed by atoms with van der Waals surface area (Å²) in [5, 5.41) is 0. The number of Topliss-reactive ketones (excluding diaryl/α,β-unsaturated/α-hetero) is 2. The highest BCUT2D eigenvalue weighted by Crippen LogP contribution is 2.11. The van der Waals surface area contributed by atoms with Crippen LogP contribution in [0.15, 0.2) is 36.7 Å². The van der Waals surface area contributed by atoms with E-state index in [4.69, 9.17) is 0 Å². The fourth-order valence-corrected chi connectivity index (χ4v) is 1.84. The van der Waals surface area contributed by atoms with Crippen LogP contribution in [0, 0.1) is 6.92 Å². The van der Waals surface area contributed by atoms with Gasteiger partial charge in [0.25, 0.3) is 0 Å². The number of rotatable bonds is 4. The highest BCUT2D eigenvalue weighted by Gasteiger charge is 2.17. The van der Waals surface area contributed by atoms with E-state index in [9.17, 15) is 9.59 Å². The zero-order valence-electron chi connectivity index (χ0n) is 10.4. The molecule has 0 saturated carbocycles. The van der Waals surface area contributed by atoms with Crippen molar-refractivity contribution in [2.24, 2.45) is 7.05 Å². The summed E-state index contributed by atoms with van der Waals surface area (Å²) in [6.07, 6.45) is 3.09. The topological polar surface area (TPSA) is 52.0 Å². The van der Waals surface area contributed by atoms with Crippen LogP contribution in [0.5, 0.6) is 0 Å². The van der Waals surface area contributed by atoms with E-state index in [1.54, 1.807) is 36.1 Å². The average Bonchev–Trinajstić information content (AvgIpc) is 2.76. The largest absolute Gasteiger partial charge is 0.332 e. The van der Waals surface area contributed by atoms with E-state index < -0.39 is 0 Å². The lowest BCUT2D eigenvalue weighted by Gasteiger charge is -2.04. The molecule has 0 N–H and O–H groups in total. The summed E-state index contributed by atoms with van der Waals surface area (Å²) in [6, 6.07) is 7.26. The molecule has 4 heteroatoms. The second-order valence-corrected chi connectivity index (χ2v) is 4.20. The Labute approximate surface area is 105 Å². The molecule has 2 rings (SSSR count). The molecule has 0 radical (unpaired) electrons. The van der Waals surface area contributed by atoms with Crippen LogP contribution in [0.4, 0.5) is 0 Å². The molecule has 0 amide bonds. The van der Waals surface area contributed by atoms with E-state index in [-0.39, 0.29) is 18.0 Å². The van der Waals surface area contributed by atoms with E-state index in [2.05, 4.69) is 4.98 Å². The summed E-state index contributed by atoms with van der Waals surface area (Å²) >= 11 is 0. The lowest BCUT2D eigenvalue weighted by atomic mass is 10.0. The van der Waals surface area contributed by atoms with Gasteiger partial charge in [-0.2, -0.15) is 0 Å². The quantitative estimate of drug-likeness (QED) is 0.610. The van der Waals surface area contributed by atoms with E-state index >= 15 is 0 Å². The summed E-state index contributed by atoms with van der Waals surface area (Å²) in [5.74, 6) is -0.103. The van der Waals surface area contributed by atoms with E-state index in [0.717, 1.165) is 5.56 Å². The molecule has 0 fully saturated rings. The average molecular weight is 242 g/mol. The minimum atomic E-state index is -0.254. The first kappa shape index (κ1) is 12.2. The van der Waals surface area contributed by atoms with Crippen LogP contribution in [0.2, 0.25) is 0 Å². The molecule has 92 valence electrons. The van der Waals surface area contributed by atoms with Crippen molar-refractivity contribution in [3.05, 3.63) is 53.6 Å². The van der Waals surface area contributed by atoms with Crippen LogP contribution in [0.25, 0.3) is 0 Å². The number of carbonyl (C=O) groups is 2. The van der Waals surface area contributed by atoms with Crippen LogP contribution in [0.1, 0.15) is 33.0 Å². The fraction of sp³-hybridized carbons (Fsp3) is 0.214. The molecule has 0 atom stereocenters. The molecule has 0 bridgehead atoms. The Hall–Kier alpha value is -2.23. The van der Waals surface area contributed by atoms with Gasteiger partial charge in [0.15, 0.2) is 11.6 Å².